The summed E-state index contributed by atoms with van der Waals surface area (Å²) in [4.78, 5) is 11.6. The van der Waals surface area contributed by atoms with E-state index in [1.54, 1.807) is 11.3 Å². The van der Waals surface area contributed by atoms with Crippen LogP contribution in [0.1, 0.15) is 44.4 Å². The Hall–Kier alpha value is -1.36. The minimum Gasteiger partial charge on any atom is -0.369 e. The van der Waals surface area contributed by atoms with Crippen molar-refractivity contribution in [3.8, 4) is 0 Å². The Balaban J connectivity index is 1.90. The molecule has 0 unspecified atom stereocenters. The molecule has 0 spiro atoms. The van der Waals surface area contributed by atoms with Crippen molar-refractivity contribution in [3.05, 3.63) is 10.9 Å². The van der Waals surface area contributed by atoms with E-state index in [1.165, 1.54) is 30.6 Å². The van der Waals surface area contributed by atoms with Crippen molar-refractivity contribution in [1.82, 2.24) is 9.97 Å². The smallest absolute Gasteiger partial charge is 0.225 e. The number of nitrogens with zero attached hydrogens (tertiary/aromatic N) is 2. The summed E-state index contributed by atoms with van der Waals surface area (Å²) < 4.78 is 0. The van der Waals surface area contributed by atoms with Crippen LogP contribution in [0, 0.1) is 5.41 Å². The van der Waals surface area contributed by atoms with Gasteiger partial charge in [-0.2, -0.15) is 4.98 Å². The van der Waals surface area contributed by atoms with Gasteiger partial charge in [0.15, 0.2) is 0 Å². The van der Waals surface area contributed by atoms with Gasteiger partial charge in [-0.25, -0.2) is 4.98 Å². The first-order valence-corrected chi connectivity index (χ1v) is 8.67. The Bertz CT molecular complexity index is 628. The number of fused-ring (bicyclic) bond motifs is 1. The van der Waals surface area contributed by atoms with E-state index in [1.807, 2.05) is 7.05 Å². The molecule has 0 radical (unpaired) electrons. The molecule has 0 bridgehead atoms. The fourth-order valence-corrected chi connectivity index (χ4v) is 4.06. The average molecular weight is 304 g/mol. The summed E-state index contributed by atoms with van der Waals surface area (Å²) in [6.07, 6.45) is 6.40. The molecular formula is C16H24N4S. The van der Waals surface area contributed by atoms with Crippen molar-refractivity contribution in [2.45, 2.75) is 46.0 Å². The van der Waals surface area contributed by atoms with Gasteiger partial charge in [-0.05, 0) is 30.7 Å². The molecule has 3 rings (SSSR count). The normalized spacial score (nSPS) is 17.3. The molecule has 2 N–H and O–H groups in total. The molecule has 0 atom stereocenters. The summed E-state index contributed by atoms with van der Waals surface area (Å²) in [5, 5.41) is 7.83. The highest BCUT2D eigenvalue weighted by molar-refractivity contribution is 7.18. The zero-order valence-electron chi connectivity index (χ0n) is 13.1. The van der Waals surface area contributed by atoms with Gasteiger partial charge in [0.1, 0.15) is 10.6 Å². The minimum absolute atomic E-state index is 0.417. The molecule has 4 nitrogen and oxygen atoms in total. The Kier molecular flexibility index (Phi) is 4.02. The van der Waals surface area contributed by atoms with Crippen LogP contribution in [0.3, 0.4) is 0 Å². The predicted octanol–water partition coefficient (Wildman–Crippen LogP) is 4.29. The number of hydrogen-bond acceptors (Lipinski definition) is 5. The quantitative estimate of drug-likeness (QED) is 0.865. The Morgan fingerprint density at radius 2 is 2.05 bits per heavy atom. The third-order valence-corrected chi connectivity index (χ3v) is 5.68. The van der Waals surface area contributed by atoms with Crippen molar-refractivity contribution < 1.29 is 0 Å². The molecule has 114 valence electrons. The Labute approximate surface area is 130 Å². The summed E-state index contributed by atoms with van der Waals surface area (Å²) >= 11 is 1.77. The highest BCUT2D eigenvalue weighted by Crippen LogP contribution is 2.38. The average Bonchev–Trinajstić information content (AvgIpc) is 3.10. The summed E-state index contributed by atoms with van der Waals surface area (Å²) in [6.45, 7) is 5.57. The SMILES string of the molecule is CCc1cc2c(NCC3(C)CCCC3)nc(NC)nc2s1. The highest BCUT2D eigenvalue weighted by atomic mass is 32.1. The first-order chi connectivity index (χ1) is 10.1. The lowest BCUT2D eigenvalue weighted by molar-refractivity contribution is 0.362. The molecule has 0 aliphatic heterocycles. The van der Waals surface area contributed by atoms with Crippen LogP contribution in [-0.4, -0.2) is 23.6 Å². The minimum atomic E-state index is 0.417. The molecule has 1 aliphatic carbocycles. The number of aromatic nitrogens is 2. The monoisotopic (exact) mass is 304 g/mol. The van der Waals surface area contributed by atoms with Gasteiger partial charge in [-0.15, -0.1) is 11.3 Å². The summed E-state index contributed by atoms with van der Waals surface area (Å²) in [5.41, 5.74) is 0.417. The zero-order chi connectivity index (χ0) is 14.9. The first kappa shape index (κ1) is 14.6. The van der Waals surface area contributed by atoms with E-state index in [-0.39, 0.29) is 0 Å². The third kappa shape index (κ3) is 2.98. The van der Waals surface area contributed by atoms with Crippen LogP contribution >= 0.6 is 11.3 Å². The van der Waals surface area contributed by atoms with Crippen LogP contribution in [0.4, 0.5) is 11.8 Å². The predicted molar refractivity (Wildman–Crippen MR) is 91.4 cm³/mol. The van der Waals surface area contributed by atoms with Gasteiger partial charge in [0.2, 0.25) is 5.95 Å². The standard InChI is InChI=1S/C16H24N4S/c1-4-11-9-12-13(18-10-16(2)7-5-6-8-16)19-15(17-3)20-14(12)21-11/h9H,4-8,10H2,1-3H3,(H2,17,18,19,20). The molecule has 2 heterocycles. The fraction of sp³-hybridized carbons (Fsp3) is 0.625. The van der Waals surface area contributed by atoms with E-state index < -0.39 is 0 Å². The largest absolute Gasteiger partial charge is 0.369 e. The van der Waals surface area contributed by atoms with Crippen molar-refractivity contribution in [1.29, 1.82) is 0 Å². The molecule has 1 aliphatic rings. The molecular weight excluding hydrogens is 280 g/mol. The van der Waals surface area contributed by atoms with Crippen LogP contribution in [0.5, 0.6) is 0 Å². The van der Waals surface area contributed by atoms with Crippen LogP contribution in [0.15, 0.2) is 6.07 Å². The molecule has 21 heavy (non-hydrogen) atoms. The number of hydrogen-bond donors (Lipinski definition) is 2. The zero-order valence-corrected chi connectivity index (χ0v) is 13.9. The van der Waals surface area contributed by atoms with Crippen molar-refractivity contribution in [2.75, 3.05) is 24.2 Å². The lowest BCUT2D eigenvalue weighted by Gasteiger charge is -2.24. The second kappa shape index (κ2) is 5.79. The van der Waals surface area contributed by atoms with Crippen LogP contribution < -0.4 is 10.6 Å². The molecule has 1 fully saturated rings. The Morgan fingerprint density at radius 3 is 2.71 bits per heavy atom. The molecule has 1 saturated carbocycles. The van der Waals surface area contributed by atoms with Gasteiger partial charge in [0.05, 0.1) is 5.39 Å². The van der Waals surface area contributed by atoms with E-state index in [2.05, 4.69) is 40.5 Å². The topological polar surface area (TPSA) is 49.8 Å². The van der Waals surface area contributed by atoms with Crippen molar-refractivity contribution in [3.63, 3.8) is 0 Å². The van der Waals surface area contributed by atoms with Gasteiger partial charge in [-0.1, -0.05) is 26.7 Å². The lowest BCUT2D eigenvalue weighted by atomic mass is 9.89. The van der Waals surface area contributed by atoms with E-state index >= 15 is 0 Å². The maximum atomic E-state index is 4.63. The van der Waals surface area contributed by atoms with Crippen LogP contribution in [-0.2, 0) is 6.42 Å². The fourth-order valence-electron chi connectivity index (χ4n) is 3.09. The third-order valence-electron chi connectivity index (χ3n) is 4.51. The summed E-state index contributed by atoms with van der Waals surface area (Å²) in [5.74, 6) is 1.68. The van der Waals surface area contributed by atoms with Gasteiger partial charge in [0, 0.05) is 18.5 Å². The number of aryl methyl sites for hydroxylation is 1. The van der Waals surface area contributed by atoms with Gasteiger partial charge in [0.25, 0.3) is 0 Å². The summed E-state index contributed by atoms with van der Waals surface area (Å²) in [7, 11) is 1.87. The maximum Gasteiger partial charge on any atom is 0.225 e. The first-order valence-electron chi connectivity index (χ1n) is 7.85. The van der Waals surface area contributed by atoms with E-state index in [0.29, 0.717) is 11.4 Å². The number of thiophene rings is 1. The number of nitrogens with one attached hydrogen (secondary N) is 2. The molecule has 0 saturated heterocycles. The molecule has 5 heteroatoms. The highest BCUT2D eigenvalue weighted by Gasteiger charge is 2.28. The number of rotatable bonds is 5. The molecule has 0 amide bonds. The summed E-state index contributed by atoms with van der Waals surface area (Å²) in [6, 6.07) is 2.23. The molecule has 2 aromatic rings. The van der Waals surface area contributed by atoms with Crippen LogP contribution in [0.2, 0.25) is 0 Å². The van der Waals surface area contributed by atoms with Gasteiger partial charge < -0.3 is 10.6 Å². The van der Waals surface area contributed by atoms with E-state index in [9.17, 15) is 0 Å². The number of anilines is 2. The molecule has 0 aromatic carbocycles. The Morgan fingerprint density at radius 1 is 1.29 bits per heavy atom. The van der Waals surface area contributed by atoms with Crippen LogP contribution in [0.25, 0.3) is 10.2 Å². The second-order valence-corrected chi connectivity index (χ2v) is 7.42. The van der Waals surface area contributed by atoms with E-state index in [0.717, 1.165) is 29.0 Å². The maximum absolute atomic E-state index is 4.63. The van der Waals surface area contributed by atoms with E-state index in [4.69, 9.17) is 0 Å². The van der Waals surface area contributed by atoms with Gasteiger partial charge in [-0.3, -0.25) is 0 Å². The van der Waals surface area contributed by atoms with Gasteiger partial charge >= 0.3 is 0 Å². The van der Waals surface area contributed by atoms with Crippen molar-refractivity contribution in [2.24, 2.45) is 5.41 Å². The molecule has 2 aromatic heterocycles. The van der Waals surface area contributed by atoms with Crippen molar-refractivity contribution >= 4 is 33.3 Å². The second-order valence-electron chi connectivity index (χ2n) is 6.30. The lowest BCUT2D eigenvalue weighted by Crippen LogP contribution is -2.23.